The Morgan fingerprint density at radius 1 is 1.30 bits per heavy atom. The predicted molar refractivity (Wildman–Crippen MR) is 84.7 cm³/mol. The highest BCUT2D eigenvalue weighted by Crippen LogP contribution is 2.19. The zero-order valence-electron chi connectivity index (χ0n) is 12.5. The average molecular weight is 311 g/mol. The molecule has 118 valence electrons. The largest absolute Gasteiger partial charge is 0.481 e. The van der Waals surface area contributed by atoms with Crippen LogP contribution in [0, 0.1) is 17.8 Å². The summed E-state index contributed by atoms with van der Waals surface area (Å²) in [4.78, 5) is 10.6. The summed E-state index contributed by atoms with van der Waals surface area (Å²) in [5.74, 6) is 2.23. The fourth-order valence-corrected chi connectivity index (χ4v) is 2.01. The number of benzene rings is 1. The highest BCUT2D eigenvalue weighted by molar-refractivity contribution is 5.66. The number of ether oxygens (including phenoxy) is 1. The van der Waals surface area contributed by atoms with Gasteiger partial charge in [0.05, 0.1) is 5.69 Å². The second-order valence-electron chi connectivity index (χ2n) is 4.84. The molecule has 0 aliphatic rings. The number of terminal acetylenes is 1. The van der Waals surface area contributed by atoms with Crippen LogP contribution in [0.3, 0.4) is 0 Å². The molecule has 0 spiro atoms. The van der Waals surface area contributed by atoms with E-state index in [1.165, 1.54) is 4.68 Å². The van der Waals surface area contributed by atoms with E-state index < -0.39 is 5.97 Å². The average Bonchev–Trinajstić information content (AvgIpc) is 2.55. The molecule has 6 heteroatoms. The van der Waals surface area contributed by atoms with Crippen LogP contribution in [0.2, 0.25) is 0 Å². The Hall–Kier alpha value is -3.07. The van der Waals surface area contributed by atoms with Crippen molar-refractivity contribution in [2.75, 3.05) is 6.61 Å². The van der Waals surface area contributed by atoms with Crippen LogP contribution in [0.1, 0.15) is 12.8 Å². The number of aliphatic carboxylic acids is 1. The number of carboxylic acid groups (broad SMARTS) is 1. The number of hydrogen-bond acceptors (Lipinski definition) is 4. The van der Waals surface area contributed by atoms with Crippen molar-refractivity contribution in [1.82, 2.24) is 9.78 Å². The molecule has 23 heavy (non-hydrogen) atoms. The van der Waals surface area contributed by atoms with Crippen LogP contribution in [0.15, 0.2) is 36.4 Å². The van der Waals surface area contributed by atoms with Crippen molar-refractivity contribution in [2.24, 2.45) is 0 Å². The second-order valence-corrected chi connectivity index (χ2v) is 4.84. The van der Waals surface area contributed by atoms with E-state index in [9.17, 15) is 4.79 Å². The van der Waals surface area contributed by atoms with Gasteiger partial charge in [0.25, 0.3) is 0 Å². The lowest BCUT2D eigenvalue weighted by atomic mass is 10.1. The molecule has 0 unspecified atom stereocenters. The molecular weight excluding hydrogens is 294 g/mol. The first-order chi connectivity index (χ1) is 11.1. The third kappa shape index (κ3) is 4.71. The molecule has 2 rings (SSSR count). The third-order valence-electron chi connectivity index (χ3n) is 3.14. The van der Waals surface area contributed by atoms with E-state index in [4.69, 9.17) is 21.7 Å². The van der Waals surface area contributed by atoms with Crippen LogP contribution >= 0.6 is 0 Å². The number of carboxylic acids is 1. The molecule has 2 N–H and O–H groups in total. The minimum absolute atomic E-state index is 0.0551. The minimum atomic E-state index is -0.851. The first-order valence-electron chi connectivity index (χ1n) is 7.11. The predicted octanol–water partition coefficient (Wildman–Crippen LogP) is 1.91. The van der Waals surface area contributed by atoms with Crippen molar-refractivity contribution < 1.29 is 14.6 Å². The maximum Gasteiger partial charge on any atom is 0.303 e. The van der Waals surface area contributed by atoms with Gasteiger partial charge in [0.1, 0.15) is 17.8 Å². The molecule has 1 aromatic carbocycles. The van der Waals surface area contributed by atoms with Crippen LogP contribution < -0.4 is 10.2 Å². The lowest BCUT2D eigenvalue weighted by Gasteiger charge is -2.08. The molecule has 1 heterocycles. The van der Waals surface area contributed by atoms with Crippen molar-refractivity contribution in [1.29, 1.82) is 5.41 Å². The SMILES string of the molecule is C#CCOc1ccc(-c2ccc(=N)n(CCCC(=O)O)n2)cc1. The van der Waals surface area contributed by atoms with Gasteiger partial charge in [-0.15, -0.1) is 6.42 Å². The number of carbonyl (C=O) groups is 1. The van der Waals surface area contributed by atoms with Gasteiger partial charge in [-0.3, -0.25) is 10.2 Å². The Balaban J connectivity index is 2.15. The summed E-state index contributed by atoms with van der Waals surface area (Å²) >= 11 is 0. The maximum atomic E-state index is 10.6. The Kier molecular flexibility index (Phi) is 5.53. The molecule has 0 bridgehead atoms. The number of aromatic nitrogens is 2. The molecule has 0 atom stereocenters. The molecule has 0 aliphatic heterocycles. The summed E-state index contributed by atoms with van der Waals surface area (Å²) < 4.78 is 6.82. The van der Waals surface area contributed by atoms with Gasteiger partial charge in [-0.05, 0) is 42.8 Å². The number of aryl methyl sites for hydroxylation is 1. The van der Waals surface area contributed by atoms with E-state index in [1.54, 1.807) is 24.3 Å². The summed E-state index contributed by atoms with van der Waals surface area (Å²) in [6.07, 6.45) is 5.63. The fourth-order valence-electron chi connectivity index (χ4n) is 2.01. The summed E-state index contributed by atoms with van der Waals surface area (Å²) in [6.45, 7) is 0.608. The first kappa shape index (κ1) is 16.3. The molecule has 6 nitrogen and oxygen atoms in total. The standard InChI is InChI=1S/C17H17N3O3/c1-2-12-23-14-7-5-13(6-8-14)15-9-10-16(18)20(19-15)11-3-4-17(21)22/h1,5-10,18H,3-4,11-12H2,(H,21,22). The fraction of sp³-hybridized carbons (Fsp3) is 0.235. The Labute approximate surface area is 133 Å². The molecule has 0 radical (unpaired) electrons. The van der Waals surface area contributed by atoms with Crippen molar-refractivity contribution >= 4 is 5.97 Å². The van der Waals surface area contributed by atoms with Crippen LogP contribution in [-0.4, -0.2) is 27.5 Å². The number of nitrogens with one attached hydrogen (secondary N) is 1. The molecule has 0 fully saturated rings. The smallest absolute Gasteiger partial charge is 0.303 e. The van der Waals surface area contributed by atoms with Crippen molar-refractivity contribution in [3.8, 4) is 29.4 Å². The molecular formula is C17H17N3O3. The van der Waals surface area contributed by atoms with Crippen LogP contribution in [0.5, 0.6) is 5.75 Å². The quantitative estimate of drug-likeness (QED) is 0.765. The zero-order valence-corrected chi connectivity index (χ0v) is 12.5. The second kappa shape index (κ2) is 7.80. The van der Waals surface area contributed by atoms with Gasteiger partial charge in [0.2, 0.25) is 0 Å². The Bertz CT molecular complexity index is 773. The van der Waals surface area contributed by atoms with E-state index >= 15 is 0 Å². The van der Waals surface area contributed by atoms with Crippen molar-refractivity contribution in [2.45, 2.75) is 19.4 Å². The topological polar surface area (TPSA) is 88.2 Å². The monoisotopic (exact) mass is 311 g/mol. The molecule has 2 aromatic rings. The lowest BCUT2D eigenvalue weighted by Crippen LogP contribution is -2.22. The van der Waals surface area contributed by atoms with Gasteiger partial charge in [-0.1, -0.05) is 5.92 Å². The van der Waals surface area contributed by atoms with Gasteiger partial charge >= 0.3 is 5.97 Å². The molecule has 1 aromatic heterocycles. The Morgan fingerprint density at radius 2 is 2.04 bits per heavy atom. The summed E-state index contributed by atoms with van der Waals surface area (Å²) in [7, 11) is 0. The van der Waals surface area contributed by atoms with Crippen LogP contribution in [0.4, 0.5) is 0 Å². The van der Waals surface area contributed by atoms with Crippen molar-refractivity contribution in [3.63, 3.8) is 0 Å². The number of nitrogens with zero attached hydrogens (tertiary/aromatic N) is 2. The third-order valence-corrected chi connectivity index (χ3v) is 3.14. The van der Waals surface area contributed by atoms with Gasteiger partial charge in [0, 0.05) is 18.5 Å². The molecule has 0 amide bonds. The van der Waals surface area contributed by atoms with Gasteiger partial charge in [-0.2, -0.15) is 5.10 Å². The van der Waals surface area contributed by atoms with Crippen LogP contribution in [0.25, 0.3) is 11.3 Å². The first-order valence-corrected chi connectivity index (χ1v) is 7.11. The van der Waals surface area contributed by atoms with Gasteiger partial charge in [-0.25, -0.2) is 4.68 Å². The summed E-state index contributed by atoms with van der Waals surface area (Å²) in [6, 6.07) is 10.7. The Morgan fingerprint density at radius 3 is 2.70 bits per heavy atom. The molecule has 0 saturated carbocycles. The zero-order chi connectivity index (χ0) is 16.7. The minimum Gasteiger partial charge on any atom is -0.481 e. The lowest BCUT2D eigenvalue weighted by molar-refractivity contribution is -0.137. The van der Waals surface area contributed by atoms with E-state index in [1.807, 2.05) is 12.1 Å². The van der Waals surface area contributed by atoms with Gasteiger partial charge < -0.3 is 9.84 Å². The summed E-state index contributed by atoms with van der Waals surface area (Å²) in [5.41, 5.74) is 1.83. The molecule has 0 saturated heterocycles. The number of rotatable bonds is 7. The number of hydrogen-bond donors (Lipinski definition) is 2. The van der Waals surface area contributed by atoms with Crippen LogP contribution in [-0.2, 0) is 11.3 Å². The van der Waals surface area contributed by atoms with E-state index in [-0.39, 0.29) is 18.5 Å². The highest BCUT2D eigenvalue weighted by Gasteiger charge is 2.04. The maximum absolute atomic E-state index is 10.6. The normalized spacial score (nSPS) is 10.0. The van der Waals surface area contributed by atoms with Gasteiger partial charge in [0.15, 0.2) is 0 Å². The van der Waals surface area contributed by atoms with Crippen molar-refractivity contribution in [3.05, 3.63) is 41.9 Å². The van der Waals surface area contributed by atoms with E-state index in [0.717, 1.165) is 5.56 Å². The highest BCUT2D eigenvalue weighted by atomic mass is 16.5. The molecule has 0 aliphatic carbocycles. The summed E-state index contributed by atoms with van der Waals surface area (Å²) in [5, 5.41) is 20.9. The van der Waals surface area contributed by atoms with E-state index in [2.05, 4.69) is 11.0 Å². The van der Waals surface area contributed by atoms with E-state index in [0.29, 0.717) is 24.4 Å².